The average molecular weight is 410 g/mol. The van der Waals surface area contributed by atoms with Crippen LogP contribution in [0.3, 0.4) is 0 Å². The van der Waals surface area contributed by atoms with Gasteiger partial charge in [0, 0.05) is 38.1 Å². The van der Waals surface area contributed by atoms with Crippen molar-refractivity contribution < 1.29 is 14.3 Å². The highest BCUT2D eigenvalue weighted by Gasteiger charge is 2.36. The molecule has 2 aromatic rings. The van der Waals surface area contributed by atoms with Gasteiger partial charge in [0.2, 0.25) is 5.91 Å². The minimum absolute atomic E-state index is 0.0774. The van der Waals surface area contributed by atoms with E-state index < -0.39 is 17.7 Å². The van der Waals surface area contributed by atoms with Crippen LogP contribution >= 0.6 is 0 Å². The highest BCUT2D eigenvalue weighted by Crippen LogP contribution is 2.33. The normalized spacial score (nSPS) is 15.4. The van der Waals surface area contributed by atoms with Gasteiger partial charge in [-0.25, -0.2) is 4.79 Å². The molecule has 0 aliphatic carbocycles. The third-order valence-corrected chi connectivity index (χ3v) is 5.20. The van der Waals surface area contributed by atoms with Crippen LogP contribution in [0, 0.1) is 0 Å². The third-order valence-electron chi connectivity index (χ3n) is 5.20. The van der Waals surface area contributed by atoms with Crippen LogP contribution in [0.4, 0.5) is 4.79 Å². The molecule has 0 N–H and O–H groups in total. The molecule has 160 valence electrons. The second kappa shape index (κ2) is 9.28. The average Bonchev–Trinajstić information content (AvgIpc) is 2.74. The zero-order chi connectivity index (χ0) is 21.7. The number of hydrogen-bond donors (Lipinski definition) is 0. The molecule has 6 heteroatoms. The van der Waals surface area contributed by atoms with E-state index in [1.165, 1.54) is 4.90 Å². The molecule has 1 aromatic carbocycles. The molecule has 1 unspecified atom stereocenters. The van der Waals surface area contributed by atoms with Crippen molar-refractivity contribution >= 4 is 12.0 Å². The van der Waals surface area contributed by atoms with Gasteiger partial charge in [-0.3, -0.25) is 14.7 Å². The van der Waals surface area contributed by atoms with E-state index in [1.807, 2.05) is 62.1 Å². The number of benzene rings is 1. The molecule has 0 radical (unpaired) electrons. The van der Waals surface area contributed by atoms with Crippen LogP contribution < -0.4 is 0 Å². The number of pyridine rings is 1. The van der Waals surface area contributed by atoms with Crippen LogP contribution in [0.1, 0.15) is 51.6 Å². The molecule has 1 fully saturated rings. The lowest BCUT2D eigenvalue weighted by Gasteiger charge is -2.36. The summed E-state index contributed by atoms with van der Waals surface area (Å²) in [6, 6.07) is 10.9. The Balaban J connectivity index is 2.04. The van der Waals surface area contributed by atoms with Crippen LogP contribution in [-0.4, -0.2) is 52.5 Å². The van der Waals surface area contributed by atoms with Gasteiger partial charge in [-0.2, -0.15) is 0 Å². The van der Waals surface area contributed by atoms with E-state index >= 15 is 0 Å². The van der Waals surface area contributed by atoms with E-state index in [9.17, 15) is 9.59 Å². The Hall–Kier alpha value is -2.89. The van der Waals surface area contributed by atoms with Gasteiger partial charge in [0.25, 0.3) is 0 Å². The summed E-state index contributed by atoms with van der Waals surface area (Å²) < 4.78 is 5.59. The lowest BCUT2D eigenvalue weighted by Crippen LogP contribution is -2.47. The molecular formula is C24H31N3O3. The van der Waals surface area contributed by atoms with Crippen LogP contribution in [0.25, 0.3) is 11.1 Å². The Kier molecular flexibility index (Phi) is 6.75. The second-order valence-electron chi connectivity index (χ2n) is 8.71. The van der Waals surface area contributed by atoms with Gasteiger partial charge in [-0.15, -0.1) is 0 Å². The lowest BCUT2D eigenvalue weighted by atomic mass is 9.94. The molecule has 1 aromatic heterocycles. The molecule has 30 heavy (non-hydrogen) atoms. The molecule has 3 rings (SSSR count). The number of aromatic nitrogens is 1. The van der Waals surface area contributed by atoms with Crippen molar-refractivity contribution in [2.75, 3.05) is 20.1 Å². The van der Waals surface area contributed by atoms with Gasteiger partial charge in [-0.05, 0) is 57.2 Å². The summed E-state index contributed by atoms with van der Waals surface area (Å²) >= 11 is 0. The Labute approximate surface area is 178 Å². The molecule has 1 atom stereocenters. The predicted octanol–water partition coefficient (Wildman–Crippen LogP) is 4.67. The Morgan fingerprint density at radius 2 is 1.73 bits per heavy atom. The first-order valence-electron chi connectivity index (χ1n) is 10.5. The van der Waals surface area contributed by atoms with E-state index in [1.54, 1.807) is 19.4 Å². The standard InChI is InChI=1S/C24H31N3O3/c1-24(2,3)30-23(29)26(4)21(22(28)27-15-9-6-10-16-27)19-13-14-25-17-20(19)18-11-7-5-8-12-18/h5,7-8,11-14,17,21H,6,9-10,15-16H2,1-4H3. The van der Waals surface area contributed by atoms with Crippen LogP contribution in [0.5, 0.6) is 0 Å². The quantitative estimate of drug-likeness (QED) is 0.736. The number of hydrogen-bond acceptors (Lipinski definition) is 4. The minimum Gasteiger partial charge on any atom is -0.444 e. The van der Waals surface area contributed by atoms with Gasteiger partial charge in [0.1, 0.15) is 11.6 Å². The van der Waals surface area contributed by atoms with E-state index in [2.05, 4.69) is 4.98 Å². The summed E-state index contributed by atoms with van der Waals surface area (Å²) in [5.41, 5.74) is 1.89. The number of likely N-dealkylation sites (tertiary alicyclic amines) is 1. The first kappa shape index (κ1) is 21.8. The number of carbonyl (C=O) groups is 2. The fraction of sp³-hybridized carbons (Fsp3) is 0.458. The van der Waals surface area contributed by atoms with Crippen molar-refractivity contribution in [1.29, 1.82) is 0 Å². The highest BCUT2D eigenvalue weighted by atomic mass is 16.6. The van der Waals surface area contributed by atoms with Crippen LogP contribution in [0.15, 0.2) is 48.8 Å². The lowest BCUT2D eigenvalue weighted by molar-refractivity contribution is -0.137. The molecule has 6 nitrogen and oxygen atoms in total. The summed E-state index contributed by atoms with van der Waals surface area (Å²) in [7, 11) is 1.63. The van der Waals surface area contributed by atoms with Gasteiger partial charge >= 0.3 is 6.09 Å². The van der Waals surface area contributed by atoms with E-state index in [0.717, 1.165) is 36.0 Å². The Morgan fingerprint density at radius 1 is 1.07 bits per heavy atom. The van der Waals surface area contributed by atoms with Crippen LogP contribution in [0.2, 0.25) is 0 Å². The number of nitrogens with zero attached hydrogens (tertiary/aromatic N) is 3. The van der Waals surface area contributed by atoms with Crippen molar-refractivity contribution in [3.8, 4) is 11.1 Å². The summed E-state index contributed by atoms with van der Waals surface area (Å²) in [5.74, 6) is -0.0774. The van der Waals surface area contributed by atoms with Gasteiger partial charge < -0.3 is 9.64 Å². The molecule has 0 bridgehead atoms. The molecule has 0 saturated carbocycles. The monoisotopic (exact) mass is 409 g/mol. The van der Waals surface area contributed by atoms with Crippen LogP contribution in [-0.2, 0) is 9.53 Å². The number of ether oxygens (including phenoxy) is 1. The number of piperidine rings is 1. The number of likely N-dealkylation sites (N-methyl/N-ethyl adjacent to an activating group) is 1. The van der Waals surface area contributed by atoms with Crippen molar-refractivity contribution in [3.05, 3.63) is 54.4 Å². The largest absolute Gasteiger partial charge is 0.444 e. The van der Waals surface area contributed by atoms with E-state index in [0.29, 0.717) is 13.1 Å². The molecule has 1 aliphatic heterocycles. The van der Waals surface area contributed by atoms with E-state index in [4.69, 9.17) is 4.74 Å². The Bertz CT molecular complexity index is 871. The highest BCUT2D eigenvalue weighted by molar-refractivity contribution is 5.89. The topological polar surface area (TPSA) is 62.7 Å². The number of amides is 2. The summed E-state index contributed by atoms with van der Waals surface area (Å²) in [6.45, 7) is 6.89. The van der Waals surface area contributed by atoms with Crippen molar-refractivity contribution in [3.63, 3.8) is 0 Å². The van der Waals surface area contributed by atoms with Gasteiger partial charge in [-0.1, -0.05) is 30.3 Å². The third kappa shape index (κ3) is 5.17. The first-order chi connectivity index (χ1) is 14.3. The maximum atomic E-state index is 13.6. The molecule has 1 saturated heterocycles. The number of carbonyl (C=O) groups excluding carboxylic acids is 2. The van der Waals surface area contributed by atoms with Crippen molar-refractivity contribution in [1.82, 2.24) is 14.8 Å². The molecule has 1 aliphatic rings. The summed E-state index contributed by atoms with van der Waals surface area (Å²) in [6.07, 6.45) is 5.99. The second-order valence-corrected chi connectivity index (χ2v) is 8.71. The first-order valence-corrected chi connectivity index (χ1v) is 10.5. The Morgan fingerprint density at radius 3 is 2.37 bits per heavy atom. The van der Waals surface area contributed by atoms with Gasteiger partial charge in [0.15, 0.2) is 0 Å². The molecule has 2 amide bonds. The van der Waals surface area contributed by atoms with Crippen molar-refractivity contribution in [2.24, 2.45) is 0 Å². The molecule has 0 spiro atoms. The van der Waals surface area contributed by atoms with E-state index in [-0.39, 0.29) is 5.91 Å². The predicted molar refractivity (Wildman–Crippen MR) is 117 cm³/mol. The maximum Gasteiger partial charge on any atom is 0.410 e. The molecule has 2 heterocycles. The van der Waals surface area contributed by atoms with Gasteiger partial charge in [0.05, 0.1) is 0 Å². The zero-order valence-corrected chi connectivity index (χ0v) is 18.3. The SMILES string of the molecule is CN(C(=O)OC(C)(C)C)C(C(=O)N1CCCCC1)c1ccncc1-c1ccccc1. The fourth-order valence-electron chi connectivity index (χ4n) is 3.74. The maximum absolute atomic E-state index is 13.6. The summed E-state index contributed by atoms with van der Waals surface area (Å²) in [4.78, 5) is 34.1. The smallest absolute Gasteiger partial charge is 0.410 e. The fourth-order valence-corrected chi connectivity index (χ4v) is 3.74. The van der Waals surface area contributed by atoms with Crippen molar-refractivity contribution in [2.45, 2.75) is 51.7 Å². The number of rotatable bonds is 4. The minimum atomic E-state index is -0.781. The summed E-state index contributed by atoms with van der Waals surface area (Å²) in [5, 5.41) is 0. The molecular weight excluding hydrogens is 378 g/mol. The zero-order valence-electron chi connectivity index (χ0n) is 18.3.